The Hall–Kier alpha value is -2.37. The predicted octanol–water partition coefficient (Wildman–Crippen LogP) is 5.03. The van der Waals surface area contributed by atoms with Crippen LogP contribution in [0.3, 0.4) is 0 Å². The fourth-order valence-electron chi connectivity index (χ4n) is 2.05. The van der Waals surface area contributed by atoms with Gasteiger partial charge in [-0.3, -0.25) is 14.4 Å². The van der Waals surface area contributed by atoms with Crippen LogP contribution < -0.4 is 16.0 Å². The van der Waals surface area contributed by atoms with E-state index in [0.717, 1.165) is 0 Å². The zero-order valence-corrected chi connectivity index (χ0v) is 18.4. The van der Waals surface area contributed by atoms with Crippen LogP contribution >= 0.6 is 0 Å². The van der Waals surface area contributed by atoms with Gasteiger partial charge in [-0.05, 0) is 31.0 Å². The zero-order chi connectivity index (χ0) is 21.7. The second-order valence-corrected chi connectivity index (χ2v) is 8.83. The van der Waals surface area contributed by atoms with E-state index in [9.17, 15) is 14.4 Å². The quantitative estimate of drug-likeness (QED) is 0.583. The van der Waals surface area contributed by atoms with E-state index in [4.69, 9.17) is 0 Å². The molecule has 0 aliphatic carbocycles. The van der Waals surface area contributed by atoms with Gasteiger partial charge in [-0.1, -0.05) is 55.4 Å². The van der Waals surface area contributed by atoms with Crippen LogP contribution in [0.4, 0.5) is 17.1 Å². The Labute approximate surface area is 168 Å². The minimum atomic E-state index is -0.523. The van der Waals surface area contributed by atoms with E-state index in [-0.39, 0.29) is 23.6 Å². The molecule has 3 amide bonds. The normalized spacial score (nSPS) is 11.9. The van der Waals surface area contributed by atoms with Crippen LogP contribution in [0.25, 0.3) is 0 Å². The number of carbonyl (C=O) groups excluding carboxylic acids is 3. The van der Waals surface area contributed by atoms with Crippen molar-refractivity contribution >= 4 is 34.8 Å². The van der Waals surface area contributed by atoms with Crippen molar-refractivity contribution in [1.29, 1.82) is 0 Å². The van der Waals surface area contributed by atoms with Crippen LogP contribution in [0, 0.1) is 16.7 Å². The van der Waals surface area contributed by atoms with Crippen molar-refractivity contribution in [3.63, 3.8) is 0 Å². The maximum absolute atomic E-state index is 12.6. The molecule has 1 rings (SSSR count). The molecule has 0 unspecified atom stereocenters. The molecule has 3 N–H and O–H groups in total. The highest BCUT2D eigenvalue weighted by Crippen LogP contribution is 2.29. The smallest absolute Gasteiger partial charge is 0.230 e. The number of nitrogens with one attached hydrogen (secondary N) is 3. The first-order valence-corrected chi connectivity index (χ1v) is 9.91. The van der Waals surface area contributed by atoms with E-state index in [1.54, 1.807) is 32.0 Å². The fraction of sp³-hybridized carbons (Fsp3) is 0.591. The summed E-state index contributed by atoms with van der Waals surface area (Å²) < 4.78 is 0. The van der Waals surface area contributed by atoms with Crippen molar-refractivity contribution in [1.82, 2.24) is 0 Å². The minimum absolute atomic E-state index is 0.117. The molecule has 0 radical (unpaired) electrons. The first-order chi connectivity index (χ1) is 12.8. The molecule has 1 aromatic carbocycles. The number of anilines is 3. The highest BCUT2D eigenvalue weighted by molar-refractivity contribution is 6.00. The molecule has 0 saturated heterocycles. The van der Waals surface area contributed by atoms with Crippen LogP contribution in [0.2, 0.25) is 0 Å². The Morgan fingerprint density at radius 3 is 1.36 bits per heavy atom. The first-order valence-electron chi connectivity index (χ1n) is 9.91. The summed E-state index contributed by atoms with van der Waals surface area (Å²) in [5, 5.41) is 8.63. The third-order valence-corrected chi connectivity index (χ3v) is 5.24. The standard InChI is InChI=1S/C22H35N3O3/c1-9-21(5,6)19(27)24-16-11-15(23-18(26)14(3)4)12-17(13-16)25-20(28)22(7,8)10-2/h11-14H,9-10H2,1-8H3,(H,23,26)(H,24,27)(H,25,28). The lowest BCUT2D eigenvalue weighted by atomic mass is 9.89. The molecule has 0 saturated carbocycles. The molecule has 6 nitrogen and oxygen atoms in total. The predicted molar refractivity (Wildman–Crippen MR) is 115 cm³/mol. The highest BCUT2D eigenvalue weighted by Gasteiger charge is 2.27. The highest BCUT2D eigenvalue weighted by atomic mass is 16.2. The lowest BCUT2D eigenvalue weighted by molar-refractivity contribution is -0.124. The van der Waals surface area contributed by atoms with Gasteiger partial charge in [0.05, 0.1) is 0 Å². The van der Waals surface area contributed by atoms with E-state index >= 15 is 0 Å². The van der Waals surface area contributed by atoms with Gasteiger partial charge in [0.1, 0.15) is 0 Å². The second kappa shape index (κ2) is 9.22. The summed E-state index contributed by atoms with van der Waals surface area (Å²) in [6.45, 7) is 15.0. The molecule has 0 bridgehead atoms. The Balaban J connectivity index is 3.22. The Morgan fingerprint density at radius 2 is 1.07 bits per heavy atom. The van der Waals surface area contributed by atoms with E-state index in [1.165, 1.54) is 0 Å². The van der Waals surface area contributed by atoms with Crippen molar-refractivity contribution in [2.24, 2.45) is 16.7 Å². The van der Waals surface area contributed by atoms with Crippen molar-refractivity contribution in [3.05, 3.63) is 18.2 Å². The molecule has 28 heavy (non-hydrogen) atoms. The Bertz CT molecular complexity index is 688. The van der Waals surface area contributed by atoms with E-state index < -0.39 is 10.8 Å². The third-order valence-electron chi connectivity index (χ3n) is 5.24. The molecule has 0 heterocycles. The van der Waals surface area contributed by atoms with Gasteiger partial charge in [0.2, 0.25) is 17.7 Å². The number of carbonyl (C=O) groups is 3. The Kier molecular flexibility index (Phi) is 7.79. The monoisotopic (exact) mass is 389 g/mol. The number of hydrogen-bond donors (Lipinski definition) is 3. The second-order valence-electron chi connectivity index (χ2n) is 8.83. The Morgan fingerprint density at radius 1 is 0.750 bits per heavy atom. The van der Waals surface area contributed by atoms with Crippen LogP contribution in [0.5, 0.6) is 0 Å². The molecule has 0 aromatic heterocycles. The SMILES string of the molecule is CCC(C)(C)C(=O)Nc1cc(NC(=O)C(C)C)cc(NC(=O)C(C)(C)CC)c1. The summed E-state index contributed by atoms with van der Waals surface area (Å²) in [4.78, 5) is 37.2. The van der Waals surface area contributed by atoms with Gasteiger partial charge in [0.15, 0.2) is 0 Å². The number of hydrogen-bond acceptors (Lipinski definition) is 3. The van der Waals surface area contributed by atoms with Gasteiger partial charge in [-0.2, -0.15) is 0 Å². The maximum atomic E-state index is 12.6. The van der Waals surface area contributed by atoms with Crippen molar-refractivity contribution < 1.29 is 14.4 Å². The van der Waals surface area contributed by atoms with Crippen LogP contribution in [-0.2, 0) is 14.4 Å². The third kappa shape index (κ3) is 6.36. The molecule has 1 aromatic rings. The van der Waals surface area contributed by atoms with Gasteiger partial charge in [-0.25, -0.2) is 0 Å². The lowest BCUT2D eigenvalue weighted by Crippen LogP contribution is -2.31. The summed E-state index contributed by atoms with van der Waals surface area (Å²) in [5.41, 5.74) is 0.529. The van der Waals surface area contributed by atoms with Crippen LogP contribution in [-0.4, -0.2) is 17.7 Å². The van der Waals surface area contributed by atoms with Gasteiger partial charge >= 0.3 is 0 Å². The molecular formula is C22H35N3O3. The topological polar surface area (TPSA) is 87.3 Å². The number of amides is 3. The van der Waals surface area contributed by atoms with Gasteiger partial charge in [0.25, 0.3) is 0 Å². The van der Waals surface area contributed by atoms with Gasteiger partial charge in [0, 0.05) is 33.8 Å². The first kappa shape index (κ1) is 23.7. The van der Waals surface area contributed by atoms with Crippen LogP contribution in [0.1, 0.15) is 68.2 Å². The molecule has 0 aliphatic rings. The van der Waals surface area contributed by atoms with E-state index in [2.05, 4.69) is 16.0 Å². The van der Waals surface area contributed by atoms with Gasteiger partial charge < -0.3 is 16.0 Å². The summed E-state index contributed by atoms with van der Waals surface area (Å²) in [7, 11) is 0. The number of benzene rings is 1. The molecular weight excluding hydrogens is 354 g/mol. The lowest BCUT2D eigenvalue weighted by Gasteiger charge is -2.24. The van der Waals surface area contributed by atoms with Crippen molar-refractivity contribution in [2.75, 3.05) is 16.0 Å². The summed E-state index contributed by atoms with van der Waals surface area (Å²) in [5.74, 6) is -0.556. The summed E-state index contributed by atoms with van der Waals surface area (Å²) in [6, 6.07) is 5.10. The molecule has 0 aliphatic heterocycles. The molecule has 6 heteroatoms. The van der Waals surface area contributed by atoms with E-state index in [1.807, 2.05) is 41.5 Å². The van der Waals surface area contributed by atoms with Crippen molar-refractivity contribution in [2.45, 2.75) is 68.2 Å². The average molecular weight is 390 g/mol. The van der Waals surface area contributed by atoms with Gasteiger partial charge in [-0.15, -0.1) is 0 Å². The number of rotatable bonds is 8. The van der Waals surface area contributed by atoms with Crippen molar-refractivity contribution in [3.8, 4) is 0 Å². The van der Waals surface area contributed by atoms with Crippen LogP contribution in [0.15, 0.2) is 18.2 Å². The summed E-state index contributed by atoms with van der Waals surface area (Å²) in [6.07, 6.45) is 1.38. The fourth-order valence-corrected chi connectivity index (χ4v) is 2.05. The zero-order valence-electron chi connectivity index (χ0n) is 18.4. The average Bonchev–Trinajstić information content (AvgIpc) is 2.61. The largest absolute Gasteiger partial charge is 0.326 e. The van der Waals surface area contributed by atoms with E-state index in [0.29, 0.717) is 29.9 Å². The molecule has 156 valence electrons. The minimum Gasteiger partial charge on any atom is -0.326 e. The molecule has 0 fully saturated rings. The maximum Gasteiger partial charge on any atom is 0.230 e. The molecule has 0 atom stereocenters. The molecule has 0 spiro atoms. The summed E-state index contributed by atoms with van der Waals surface area (Å²) >= 11 is 0.